The standard InChI is InChI=1S/C11H24BNO2.ClH/c1-6-7-8-9(13)12-14-10(2,3)11(4,5)15-12;/h9H,6-8,13H2,1-5H3;1H/t9-;/m0./s1. The van der Waals surface area contributed by atoms with Crippen LogP contribution in [-0.2, 0) is 9.31 Å². The molecular formula is C11H25BClNO2. The highest BCUT2D eigenvalue weighted by Gasteiger charge is 2.52. The molecule has 0 amide bonds. The molecule has 1 aliphatic heterocycles. The van der Waals surface area contributed by atoms with Gasteiger partial charge in [-0.15, -0.1) is 12.4 Å². The Hall–Kier alpha value is 0.235. The molecule has 0 radical (unpaired) electrons. The zero-order valence-corrected chi connectivity index (χ0v) is 11.9. The number of nitrogens with two attached hydrogens (primary N) is 1. The van der Waals surface area contributed by atoms with Crippen LogP contribution in [0.1, 0.15) is 53.9 Å². The molecule has 0 aromatic rings. The van der Waals surface area contributed by atoms with Gasteiger partial charge in [-0.25, -0.2) is 0 Å². The predicted molar refractivity (Wildman–Crippen MR) is 70.8 cm³/mol. The highest BCUT2D eigenvalue weighted by molar-refractivity contribution is 6.47. The molecule has 0 aromatic heterocycles. The molecule has 0 spiro atoms. The molecule has 16 heavy (non-hydrogen) atoms. The predicted octanol–water partition coefficient (Wildman–Crippen LogP) is 2.56. The molecule has 1 fully saturated rings. The van der Waals surface area contributed by atoms with E-state index in [4.69, 9.17) is 15.0 Å². The van der Waals surface area contributed by atoms with Gasteiger partial charge >= 0.3 is 7.12 Å². The number of rotatable bonds is 4. The molecule has 1 saturated heterocycles. The smallest absolute Gasteiger partial charge is 0.402 e. The van der Waals surface area contributed by atoms with E-state index in [1.807, 2.05) is 0 Å². The van der Waals surface area contributed by atoms with Gasteiger partial charge in [-0.2, -0.15) is 0 Å². The Kier molecular flexibility index (Phi) is 5.80. The molecule has 2 N–H and O–H groups in total. The molecule has 3 nitrogen and oxygen atoms in total. The van der Waals surface area contributed by atoms with Crippen molar-refractivity contribution in [3.8, 4) is 0 Å². The summed E-state index contributed by atoms with van der Waals surface area (Å²) in [5, 5.41) is 0. The summed E-state index contributed by atoms with van der Waals surface area (Å²) in [7, 11) is -0.249. The molecule has 1 rings (SSSR count). The van der Waals surface area contributed by atoms with Crippen molar-refractivity contribution >= 4 is 19.5 Å². The SMILES string of the molecule is CCCC[C@H](N)B1OC(C)(C)C(C)(C)O1.Cl. The monoisotopic (exact) mass is 249 g/mol. The molecule has 5 heteroatoms. The van der Waals surface area contributed by atoms with Crippen LogP contribution in [0.5, 0.6) is 0 Å². The van der Waals surface area contributed by atoms with Crippen molar-refractivity contribution in [2.75, 3.05) is 0 Å². The Bertz CT molecular complexity index is 208. The van der Waals surface area contributed by atoms with Crippen molar-refractivity contribution in [3.63, 3.8) is 0 Å². The van der Waals surface area contributed by atoms with Gasteiger partial charge in [0.2, 0.25) is 0 Å². The van der Waals surface area contributed by atoms with Crippen LogP contribution in [-0.4, -0.2) is 24.3 Å². The summed E-state index contributed by atoms with van der Waals surface area (Å²) in [4.78, 5) is 0. The Labute approximate surface area is 106 Å². The van der Waals surface area contributed by atoms with E-state index in [0.717, 1.165) is 19.3 Å². The summed E-state index contributed by atoms with van der Waals surface area (Å²) in [5.41, 5.74) is 5.53. The fourth-order valence-corrected chi connectivity index (χ4v) is 1.64. The van der Waals surface area contributed by atoms with E-state index >= 15 is 0 Å². The van der Waals surface area contributed by atoms with E-state index in [2.05, 4.69) is 34.6 Å². The van der Waals surface area contributed by atoms with E-state index in [1.54, 1.807) is 0 Å². The van der Waals surface area contributed by atoms with Gasteiger partial charge in [-0.3, -0.25) is 0 Å². The third-order valence-electron chi connectivity index (χ3n) is 3.51. The first-order valence-electron chi connectivity index (χ1n) is 5.91. The van der Waals surface area contributed by atoms with Crippen molar-refractivity contribution in [2.24, 2.45) is 5.73 Å². The van der Waals surface area contributed by atoms with Gasteiger partial charge in [0.1, 0.15) is 0 Å². The molecular weight excluding hydrogens is 224 g/mol. The van der Waals surface area contributed by atoms with Crippen LogP contribution in [0.15, 0.2) is 0 Å². The Balaban J connectivity index is 0.00000225. The summed E-state index contributed by atoms with van der Waals surface area (Å²) in [6.07, 6.45) is 3.26. The topological polar surface area (TPSA) is 44.5 Å². The maximum atomic E-state index is 6.06. The summed E-state index contributed by atoms with van der Waals surface area (Å²) in [5.74, 6) is -0.00833. The second kappa shape index (κ2) is 5.72. The van der Waals surface area contributed by atoms with Crippen molar-refractivity contribution in [1.82, 2.24) is 0 Å². The van der Waals surface area contributed by atoms with E-state index in [1.165, 1.54) is 0 Å². The van der Waals surface area contributed by atoms with Crippen LogP contribution in [0.2, 0.25) is 0 Å². The fourth-order valence-electron chi connectivity index (χ4n) is 1.64. The van der Waals surface area contributed by atoms with Gasteiger partial charge in [0.25, 0.3) is 0 Å². The lowest BCUT2D eigenvalue weighted by molar-refractivity contribution is 0.00578. The van der Waals surface area contributed by atoms with E-state index in [-0.39, 0.29) is 36.7 Å². The van der Waals surface area contributed by atoms with Crippen LogP contribution in [0.3, 0.4) is 0 Å². The second-order valence-electron chi connectivity index (χ2n) is 5.43. The van der Waals surface area contributed by atoms with Crippen LogP contribution in [0, 0.1) is 0 Å². The molecule has 1 atom stereocenters. The van der Waals surface area contributed by atoms with Gasteiger partial charge < -0.3 is 15.0 Å². The minimum Gasteiger partial charge on any atom is -0.402 e. The average molecular weight is 250 g/mol. The molecule has 0 bridgehead atoms. The minimum atomic E-state index is -0.262. The highest BCUT2D eigenvalue weighted by atomic mass is 35.5. The van der Waals surface area contributed by atoms with Crippen LogP contribution < -0.4 is 5.73 Å². The molecule has 0 aliphatic carbocycles. The van der Waals surface area contributed by atoms with Crippen molar-refractivity contribution in [1.29, 1.82) is 0 Å². The third-order valence-corrected chi connectivity index (χ3v) is 3.51. The average Bonchev–Trinajstić information content (AvgIpc) is 2.32. The third kappa shape index (κ3) is 3.36. The van der Waals surface area contributed by atoms with Crippen molar-refractivity contribution in [2.45, 2.75) is 71.0 Å². The van der Waals surface area contributed by atoms with Crippen LogP contribution in [0.25, 0.3) is 0 Å². The lowest BCUT2D eigenvalue weighted by Crippen LogP contribution is -2.41. The number of hydrogen-bond acceptors (Lipinski definition) is 3. The summed E-state index contributed by atoms with van der Waals surface area (Å²) in [6.45, 7) is 10.4. The zero-order chi connectivity index (χ0) is 11.7. The summed E-state index contributed by atoms with van der Waals surface area (Å²) in [6, 6.07) is 0. The maximum Gasteiger partial charge on any atom is 0.475 e. The summed E-state index contributed by atoms with van der Waals surface area (Å²) < 4.78 is 11.8. The fraction of sp³-hybridized carbons (Fsp3) is 1.00. The lowest BCUT2D eigenvalue weighted by atomic mass is 9.76. The Morgan fingerprint density at radius 2 is 1.56 bits per heavy atom. The molecule has 96 valence electrons. The Morgan fingerprint density at radius 3 is 1.94 bits per heavy atom. The van der Waals surface area contributed by atoms with Gasteiger partial charge in [-0.05, 0) is 34.1 Å². The quantitative estimate of drug-likeness (QED) is 0.779. The molecule has 0 saturated carbocycles. The summed E-state index contributed by atoms with van der Waals surface area (Å²) >= 11 is 0. The van der Waals surface area contributed by atoms with E-state index in [0.29, 0.717) is 0 Å². The second-order valence-corrected chi connectivity index (χ2v) is 5.43. The number of hydrogen-bond donors (Lipinski definition) is 1. The van der Waals surface area contributed by atoms with E-state index in [9.17, 15) is 0 Å². The van der Waals surface area contributed by atoms with Crippen molar-refractivity contribution in [3.05, 3.63) is 0 Å². The first kappa shape index (κ1) is 16.2. The zero-order valence-electron chi connectivity index (χ0n) is 11.1. The lowest BCUT2D eigenvalue weighted by Gasteiger charge is -2.32. The first-order valence-corrected chi connectivity index (χ1v) is 5.91. The number of halogens is 1. The van der Waals surface area contributed by atoms with Gasteiger partial charge in [0, 0.05) is 5.94 Å². The molecule has 0 aromatic carbocycles. The normalized spacial score (nSPS) is 24.0. The van der Waals surface area contributed by atoms with Gasteiger partial charge in [-0.1, -0.05) is 19.8 Å². The Morgan fingerprint density at radius 1 is 1.12 bits per heavy atom. The highest BCUT2D eigenvalue weighted by Crippen LogP contribution is 2.37. The molecule has 1 aliphatic rings. The minimum absolute atomic E-state index is 0. The van der Waals surface area contributed by atoms with Crippen LogP contribution in [0.4, 0.5) is 0 Å². The van der Waals surface area contributed by atoms with Gasteiger partial charge in [0.15, 0.2) is 0 Å². The first-order chi connectivity index (χ1) is 6.80. The van der Waals surface area contributed by atoms with Crippen molar-refractivity contribution < 1.29 is 9.31 Å². The van der Waals surface area contributed by atoms with Crippen LogP contribution >= 0.6 is 12.4 Å². The van der Waals surface area contributed by atoms with E-state index < -0.39 is 0 Å². The largest absolute Gasteiger partial charge is 0.475 e. The maximum absolute atomic E-state index is 6.06. The molecule has 0 unspecified atom stereocenters. The van der Waals surface area contributed by atoms with Gasteiger partial charge in [0.05, 0.1) is 11.2 Å². The molecule has 1 heterocycles. The number of unbranched alkanes of at least 4 members (excludes halogenated alkanes) is 1.